The lowest BCUT2D eigenvalue weighted by molar-refractivity contribution is 0.0134. The lowest BCUT2D eigenvalue weighted by Crippen LogP contribution is -2.36. The van der Waals surface area contributed by atoms with Crippen molar-refractivity contribution in [2.24, 2.45) is 0 Å². The van der Waals surface area contributed by atoms with Crippen LogP contribution in [0.4, 0.5) is 16.3 Å². The summed E-state index contributed by atoms with van der Waals surface area (Å²) in [6.45, 7) is 7.59. The van der Waals surface area contributed by atoms with E-state index >= 15 is 0 Å². The van der Waals surface area contributed by atoms with Gasteiger partial charge < -0.3 is 34.9 Å². The van der Waals surface area contributed by atoms with Crippen LogP contribution in [-0.4, -0.2) is 79.1 Å². The molecule has 0 unspecified atom stereocenters. The van der Waals surface area contributed by atoms with E-state index in [0.717, 1.165) is 0 Å². The van der Waals surface area contributed by atoms with Crippen molar-refractivity contribution < 1.29 is 28.5 Å². The van der Waals surface area contributed by atoms with Crippen molar-refractivity contribution in [3.8, 4) is 5.75 Å². The quantitative estimate of drug-likeness (QED) is 0.378. The summed E-state index contributed by atoms with van der Waals surface area (Å²) >= 11 is 3.18. The molecule has 3 N–H and O–H groups in total. The van der Waals surface area contributed by atoms with Gasteiger partial charge >= 0.3 is 6.09 Å². The summed E-state index contributed by atoms with van der Waals surface area (Å²) in [5.41, 5.74) is 5.70. The molecule has 2 aromatic rings. The minimum atomic E-state index is -0.532. The molecule has 0 saturated carbocycles. The average molecular weight is 554 g/mol. The molecule has 0 aliphatic carbocycles. The van der Waals surface area contributed by atoms with Gasteiger partial charge in [-0.3, -0.25) is 4.79 Å². The number of hydrogen-bond donors (Lipinski definition) is 2. The van der Waals surface area contributed by atoms with E-state index in [4.69, 9.17) is 24.7 Å². The van der Waals surface area contributed by atoms with Crippen LogP contribution in [0.5, 0.6) is 5.75 Å². The van der Waals surface area contributed by atoms with Crippen LogP contribution in [-0.2, 0) is 14.2 Å². The summed E-state index contributed by atoms with van der Waals surface area (Å²) in [5.74, 6) is 0.00155. The highest BCUT2D eigenvalue weighted by atomic mass is 79.9. The van der Waals surface area contributed by atoms with Crippen molar-refractivity contribution in [1.29, 1.82) is 0 Å². The van der Waals surface area contributed by atoms with E-state index in [0.29, 0.717) is 49.0 Å². The fourth-order valence-corrected chi connectivity index (χ4v) is 2.87. The maximum atomic E-state index is 12.5. The van der Waals surface area contributed by atoms with Crippen LogP contribution in [0.25, 0.3) is 0 Å². The number of benzene rings is 1. The van der Waals surface area contributed by atoms with Crippen molar-refractivity contribution in [2.45, 2.75) is 26.4 Å². The molecule has 0 aliphatic heterocycles. The van der Waals surface area contributed by atoms with Gasteiger partial charge in [-0.2, -0.15) is 0 Å². The Hall–Kier alpha value is -2.96. The van der Waals surface area contributed by atoms with Gasteiger partial charge in [-0.1, -0.05) is 12.1 Å². The number of aromatic nitrogens is 2. The van der Waals surface area contributed by atoms with E-state index in [1.54, 1.807) is 31.3 Å². The highest BCUT2D eigenvalue weighted by Gasteiger charge is 2.19. The first-order valence-electron chi connectivity index (χ1n) is 11.0. The predicted molar refractivity (Wildman–Crippen MR) is 135 cm³/mol. The van der Waals surface area contributed by atoms with Gasteiger partial charge in [-0.05, 0) is 48.8 Å². The predicted octanol–water partition coefficient (Wildman–Crippen LogP) is 3.35. The van der Waals surface area contributed by atoms with E-state index in [1.165, 1.54) is 11.1 Å². The molecule has 0 saturated heterocycles. The number of para-hydroxylation sites is 2. The van der Waals surface area contributed by atoms with E-state index in [1.807, 2.05) is 20.8 Å². The number of carbonyl (C=O) groups excluding carboxylic acids is 2. The Morgan fingerprint density at radius 1 is 1.09 bits per heavy atom. The highest BCUT2D eigenvalue weighted by Crippen LogP contribution is 2.24. The number of halogens is 1. The fourth-order valence-electron chi connectivity index (χ4n) is 2.59. The van der Waals surface area contributed by atoms with Crippen LogP contribution >= 0.6 is 15.9 Å². The zero-order chi connectivity index (χ0) is 25.8. The maximum Gasteiger partial charge on any atom is 0.410 e. The molecule has 0 atom stereocenters. The van der Waals surface area contributed by atoms with E-state index in [9.17, 15) is 9.59 Å². The Balaban J connectivity index is 1.66. The van der Waals surface area contributed by atoms with Crippen molar-refractivity contribution in [3.05, 3.63) is 40.8 Å². The van der Waals surface area contributed by atoms with Crippen LogP contribution < -0.4 is 15.8 Å². The topological polar surface area (TPSA) is 138 Å². The highest BCUT2D eigenvalue weighted by molar-refractivity contribution is 9.10. The summed E-state index contributed by atoms with van der Waals surface area (Å²) < 4.78 is 22.4. The second kappa shape index (κ2) is 13.8. The summed E-state index contributed by atoms with van der Waals surface area (Å²) in [6, 6.07) is 7.00. The Morgan fingerprint density at radius 3 is 2.46 bits per heavy atom. The molecule has 0 bridgehead atoms. The van der Waals surface area contributed by atoms with E-state index in [2.05, 4.69) is 31.2 Å². The van der Waals surface area contributed by atoms with Crippen LogP contribution in [0.1, 0.15) is 31.3 Å². The van der Waals surface area contributed by atoms with Gasteiger partial charge in [0.05, 0.1) is 38.3 Å². The lowest BCUT2D eigenvalue weighted by Gasteiger charge is -2.24. The Kier molecular flexibility index (Phi) is 11.2. The number of likely N-dealkylation sites (N-methyl/N-ethyl adjacent to an activating group) is 1. The van der Waals surface area contributed by atoms with Crippen molar-refractivity contribution in [1.82, 2.24) is 14.9 Å². The zero-order valence-corrected chi connectivity index (χ0v) is 22.0. The molecule has 12 heteroatoms. The molecule has 192 valence electrons. The second-order valence-corrected chi connectivity index (χ2v) is 9.16. The van der Waals surface area contributed by atoms with Crippen molar-refractivity contribution >= 4 is 39.4 Å². The van der Waals surface area contributed by atoms with E-state index in [-0.39, 0.29) is 24.2 Å². The first kappa shape index (κ1) is 28.3. The van der Waals surface area contributed by atoms with Gasteiger partial charge in [-0.15, -0.1) is 0 Å². The number of hydrogen-bond acceptors (Lipinski definition) is 9. The minimum absolute atomic E-state index is 0.00907. The normalized spacial score (nSPS) is 11.1. The molecular weight excluding hydrogens is 522 g/mol. The maximum absolute atomic E-state index is 12.5. The summed E-state index contributed by atoms with van der Waals surface area (Å²) in [4.78, 5) is 33.9. The molecule has 1 aromatic carbocycles. The number of rotatable bonds is 12. The molecule has 1 aromatic heterocycles. The molecule has 1 heterocycles. The summed E-state index contributed by atoms with van der Waals surface area (Å²) in [5, 5.41) is 2.73. The van der Waals surface area contributed by atoms with Crippen LogP contribution in [0.3, 0.4) is 0 Å². The number of ether oxygens (including phenoxy) is 4. The van der Waals surface area contributed by atoms with Crippen LogP contribution in [0.2, 0.25) is 0 Å². The van der Waals surface area contributed by atoms with Gasteiger partial charge in [0, 0.05) is 13.6 Å². The standard InChI is InChI=1S/C23H32BrN5O6/c1-23(2,3)35-22(31)29(4)9-10-32-11-12-33-13-14-34-17-8-6-5-7-16(17)27-21(30)19-20(25)26-15-18(24)28-19/h5-8,15H,9-14H2,1-4H3,(H2,25,26)(H,27,30). The van der Waals surface area contributed by atoms with Crippen LogP contribution in [0, 0.1) is 0 Å². The molecule has 0 spiro atoms. The summed E-state index contributed by atoms with van der Waals surface area (Å²) in [7, 11) is 1.66. The smallest absolute Gasteiger partial charge is 0.410 e. The fraction of sp³-hybridized carbons (Fsp3) is 0.478. The van der Waals surface area contributed by atoms with Gasteiger partial charge in [0.1, 0.15) is 22.6 Å². The number of amides is 2. The molecule has 2 amide bonds. The average Bonchev–Trinajstić information content (AvgIpc) is 2.79. The third-order valence-electron chi connectivity index (χ3n) is 4.26. The lowest BCUT2D eigenvalue weighted by atomic mass is 10.2. The molecular formula is C23H32BrN5O6. The van der Waals surface area contributed by atoms with E-state index < -0.39 is 11.5 Å². The molecule has 11 nitrogen and oxygen atoms in total. The first-order chi connectivity index (χ1) is 16.6. The Labute approximate surface area is 213 Å². The van der Waals surface area contributed by atoms with Gasteiger partial charge in [-0.25, -0.2) is 14.8 Å². The molecule has 0 radical (unpaired) electrons. The summed E-state index contributed by atoms with van der Waals surface area (Å²) in [6.07, 6.45) is 1.02. The molecule has 0 fully saturated rings. The zero-order valence-electron chi connectivity index (χ0n) is 20.4. The Morgan fingerprint density at radius 2 is 1.74 bits per heavy atom. The first-order valence-corrected chi connectivity index (χ1v) is 11.8. The monoisotopic (exact) mass is 553 g/mol. The number of carbonyl (C=O) groups is 2. The van der Waals surface area contributed by atoms with Gasteiger partial charge in [0.25, 0.3) is 5.91 Å². The van der Waals surface area contributed by atoms with Crippen LogP contribution in [0.15, 0.2) is 35.1 Å². The number of nitrogen functional groups attached to an aromatic ring is 1. The second-order valence-electron chi connectivity index (χ2n) is 8.35. The van der Waals surface area contributed by atoms with Crippen molar-refractivity contribution in [2.75, 3.05) is 57.7 Å². The number of nitrogens with two attached hydrogens (primary N) is 1. The Bertz CT molecular complexity index is 985. The molecule has 35 heavy (non-hydrogen) atoms. The minimum Gasteiger partial charge on any atom is -0.489 e. The van der Waals surface area contributed by atoms with Gasteiger partial charge in [0.2, 0.25) is 0 Å². The molecule has 2 rings (SSSR count). The number of nitrogens with zero attached hydrogens (tertiary/aromatic N) is 3. The van der Waals surface area contributed by atoms with Gasteiger partial charge in [0.15, 0.2) is 11.5 Å². The third-order valence-corrected chi connectivity index (χ3v) is 4.64. The van der Waals surface area contributed by atoms with Crippen molar-refractivity contribution in [3.63, 3.8) is 0 Å². The third kappa shape index (κ3) is 10.5. The number of anilines is 2. The SMILES string of the molecule is CN(CCOCCOCCOc1ccccc1NC(=O)c1nc(Br)cnc1N)C(=O)OC(C)(C)C. The largest absolute Gasteiger partial charge is 0.489 e. The number of nitrogens with one attached hydrogen (secondary N) is 1. The molecule has 0 aliphatic rings.